The predicted octanol–water partition coefficient (Wildman–Crippen LogP) is 3.48. The van der Waals surface area contributed by atoms with Gasteiger partial charge in [-0.05, 0) is 39.0 Å². The van der Waals surface area contributed by atoms with Crippen LogP contribution in [0.25, 0.3) is 0 Å². The fraction of sp³-hybridized carbons (Fsp3) is 0.846. The highest BCUT2D eigenvalue weighted by molar-refractivity contribution is 6.99. The van der Waals surface area contributed by atoms with E-state index in [4.69, 9.17) is 4.74 Å². The lowest BCUT2D eigenvalue weighted by atomic mass is 10.0. The molecular weight excluding hydrogens is 246 g/mol. The maximum atomic E-state index is 5.88. The highest BCUT2D eigenvalue weighted by Gasteiger charge is 2.26. The van der Waals surface area contributed by atoms with E-state index in [1.54, 1.807) is 0 Å². The molecule has 0 amide bonds. The van der Waals surface area contributed by atoms with Gasteiger partial charge in [-0.1, -0.05) is 13.8 Å². The number of hydrogen-bond acceptors (Lipinski definition) is 5. The van der Waals surface area contributed by atoms with E-state index in [2.05, 4.69) is 34.4 Å². The first-order valence-electron chi connectivity index (χ1n) is 7.02. The lowest BCUT2D eigenvalue weighted by Crippen LogP contribution is -2.39. The van der Waals surface area contributed by atoms with Crippen LogP contribution in [0.1, 0.15) is 52.9 Å². The Morgan fingerprint density at radius 1 is 1.39 bits per heavy atom. The standard InChI is InChI=1S/C13H23N3OS/c1-4-10(3)17-13-12(14-18-15-13)16-9-7-6-8-11(16)5-2/h10-11H,4-9H2,1-3H3. The molecule has 18 heavy (non-hydrogen) atoms. The number of hydrogen-bond donors (Lipinski definition) is 0. The fourth-order valence-electron chi connectivity index (χ4n) is 2.40. The molecule has 0 radical (unpaired) electrons. The van der Waals surface area contributed by atoms with Crippen LogP contribution in [0.15, 0.2) is 0 Å². The third kappa shape index (κ3) is 2.94. The molecule has 1 aromatic heterocycles. The van der Waals surface area contributed by atoms with Crippen molar-refractivity contribution in [2.45, 2.75) is 65.0 Å². The van der Waals surface area contributed by atoms with Gasteiger partial charge in [-0.15, -0.1) is 4.37 Å². The monoisotopic (exact) mass is 269 g/mol. The molecule has 2 heterocycles. The van der Waals surface area contributed by atoms with Gasteiger partial charge in [0.15, 0.2) is 0 Å². The van der Waals surface area contributed by atoms with Crippen LogP contribution < -0.4 is 9.64 Å². The Labute approximate surface area is 114 Å². The SMILES string of the molecule is CCC(C)Oc1nsnc1N1CCCCC1CC. The van der Waals surface area contributed by atoms with Crippen molar-refractivity contribution in [3.05, 3.63) is 0 Å². The Bertz CT molecular complexity index is 369. The average Bonchev–Trinajstić information content (AvgIpc) is 2.86. The molecule has 2 atom stereocenters. The van der Waals surface area contributed by atoms with Crippen LogP contribution in [0.3, 0.4) is 0 Å². The lowest BCUT2D eigenvalue weighted by Gasteiger charge is -2.35. The molecule has 102 valence electrons. The summed E-state index contributed by atoms with van der Waals surface area (Å²) in [7, 11) is 0. The highest BCUT2D eigenvalue weighted by Crippen LogP contribution is 2.32. The summed E-state index contributed by atoms with van der Waals surface area (Å²) in [4.78, 5) is 2.39. The second-order valence-electron chi connectivity index (χ2n) is 4.98. The molecule has 0 N–H and O–H groups in total. The van der Waals surface area contributed by atoms with Crippen molar-refractivity contribution < 1.29 is 4.74 Å². The molecule has 1 aliphatic heterocycles. The first kappa shape index (κ1) is 13.6. The van der Waals surface area contributed by atoms with Crippen LogP contribution in [0.5, 0.6) is 5.88 Å². The van der Waals surface area contributed by atoms with E-state index in [1.165, 1.54) is 37.4 Å². The summed E-state index contributed by atoms with van der Waals surface area (Å²) in [5.41, 5.74) is 0. The minimum Gasteiger partial charge on any atom is -0.471 e. The van der Waals surface area contributed by atoms with Crippen molar-refractivity contribution in [2.75, 3.05) is 11.4 Å². The largest absolute Gasteiger partial charge is 0.471 e. The van der Waals surface area contributed by atoms with Crippen molar-refractivity contribution in [3.8, 4) is 5.88 Å². The number of ether oxygens (including phenoxy) is 1. The molecule has 1 aliphatic rings. The molecule has 0 aromatic carbocycles. The van der Waals surface area contributed by atoms with Gasteiger partial charge in [-0.3, -0.25) is 0 Å². The zero-order chi connectivity index (χ0) is 13.0. The van der Waals surface area contributed by atoms with Crippen molar-refractivity contribution in [1.29, 1.82) is 0 Å². The number of piperidine rings is 1. The summed E-state index contributed by atoms with van der Waals surface area (Å²) < 4.78 is 14.6. The van der Waals surface area contributed by atoms with Crippen LogP contribution >= 0.6 is 11.7 Å². The van der Waals surface area contributed by atoms with Crippen LogP contribution in [0.2, 0.25) is 0 Å². The maximum Gasteiger partial charge on any atom is 0.271 e. The molecule has 2 rings (SSSR count). The quantitative estimate of drug-likeness (QED) is 0.820. The average molecular weight is 269 g/mol. The summed E-state index contributed by atoms with van der Waals surface area (Å²) >= 11 is 1.26. The zero-order valence-corrected chi connectivity index (χ0v) is 12.4. The van der Waals surface area contributed by atoms with Gasteiger partial charge in [0.05, 0.1) is 17.8 Å². The van der Waals surface area contributed by atoms with Crippen LogP contribution in [0, 0.1) is 0 Å². The van der Waals surface area contributed by atoms with Gasteiger partial charge in [0.25, 0.3) is 5.88 Å². The van der Waals surface area contributed by atoms with Crippen LogP contribution in [0.4, 0.5) is 5.82 Å². The van der Waals surface area contributed by atoms with Gasteiger partial charge in [0.1, 0.15) is 0 Å². The minimum absolute atomic E-state index is 0.206. The highest BCUT2D eigenvalue weighted by atomic mass is 32.1. The van der Waals surface area contributed by atoms with Crippen molar-refractivity contribution in [3.63, 3.8) is 0 Å². The van der Waals surface area contributed by atoms with Crippen molar-refractivity contribution >= 4 is 17.5 Å². The summed E-state index contributed by atoms with van der Waals surface area (Å²) in [6.45, 7) is 7.54. The maximum absolute atomic E-state index is 5.88. The van der Waals surface area contributed by atoms with Crippen LogP contribution in [-0.2, 0) is 0 Å². The number of aromatic nitrogens is 2. The van der Waals surface area contributed by atoms with E-state index in [9.17, 15) is 0 Å². The minimum atomic E-state index is 0.206. The van der Waals surface area contributed by atoms with Gasteiger partial charge in [0, 0.05) is 12.6 Å². The molecule has 1 aromatic rings. The fourth-order valence-corrected chi connectivity index (χ4v) is 2.90. The second kappa shape index (κ2) is 6.36. The molecule has 0 bridgehead atoms. The molecule has 5 heteroatoms. The third-order valence-electron chi connectivity index (χ3n) is 3.70. The van der Waals surface area contributed by atoms with Gasteiger partial charge in [-0.2, -0.15) is 4.37 Å². The number of rotatable bonds is 5. The third-order valence-corrected chi connectivity index (χ3v) is 4.20. The summed E-state index contributed by atoms with van der Waals surface area (Å²) in [6.07, 6.45) is 6.20. The van der Waals surface area contributed by atoms with Gasteiger partial charge < -0.3 is 9.64 Å². The van der Waals surface area contributed by atoms with Gasteiger partial charge in [-0.25, -0.2) is 0 Å². The van der Waals surface area contributed by atoms with E-state index in [0.29, 0.717) is 6.04 Å². The molecular formula is C13H23N3OS. The topological polar surface area (TPSA) is 38.3 Å². The molecule has 1 fully saturated rings. The van der Waals surface area contributed by atoms with Crippen LogP contribution in [-0.4, -0.2) is 27.4 Å². The normalized spacial score (nSPS) is 21.9. The summed E-state index contributed by atoms with van der Waals surface area (Å²) in [6, 6.07) is 0.599. The molecule has 0 spiro atoms. The first-order chi connectivity index (χ1) is 8.76. The Hall–Kier alpha value is -0.840. The van der Waals surface area contributed by atoms with Crippen molar-refractivity contribution in [2.24, 2.45) is 0 Å². The Balaban J connectivity index is 2.13. The van der Waals surface area contributed by atoms with E-state index in [1.807, 2.05) is 0 Å². The molecule has 4 nitrogen and oxygen atoms in total. The van der Waals surface area contributed by atoms with Crippen molar-refractivity contribution in [1.82, 2.24) is 8.75 Å². The van der Waals surface area contributed by atoms with E-state index in [-0.39, 0.29) is 6.10 Å². The smallest absolute Gasteiger partial charge is 0.271 e. The van der Waals surface area contributed by atoms with E-state index < -0.39 is 0 Å². The predicted molar refractivity (Wildman–Crippen MR) is 75.6 cm³/mol. The molecule has 0 saturated carbocycles. The Kier molecular flexibility index (Phi) is 4.80. The molecule has 0 aliphatic carbocycles. The summed E-state index contributed by atoms with van der Waals surface area (Å²) in [5.74, 6) is 1.70. The zero-order valence-electron chi connectivity index (χ0n) is 11.6. The number of nitrogens with zero attached hydrogens (tertiary/aromatic N) is 3. The van der Waals surface area contributed by atoms with Gasteiger partial charge >= 0.3 is 0 Å². The van der Waals surface area contributed by atoms with E-state index in [0.717, 1.165) is 24.7 Å². The van der Waals surface area contributed by atoms with Gasteiger partial charge in [0.2, 0.25) is 5.82 Å². The first-order valence-corrected chi connectivity index (χ1v) is 7.75. The lowest BCUT2D eigenvalue weighted by molar-refractivity contribution is 0.210. The molecule has 1 saturated heterocycles. The Morgan fingerprint density at radius 3 is 2.94 bits per heavy atom. The summed E-state index contributed by atoms with van der Waals surface area (Å²) in [5, 5.41) is 0. The Morgan fingerprint density at radius 2 is 2.22 bits per heavy atom. The number of anilines is 1. The molecule has 2 unspecified atom stereocenters. The second-order valence-corrected chi connectivity index (χ2v) is 5.51. The van der Waals surface area contributed by atoms with E-state index >= 15 is 0 Å².